The van der Waals surface area contributed by atoms with Crippen molar-refractivity contribution in [1.82, 2.24) is 9.55 Å². The Morgan fingerprint density at radius 1 is 1.38 bits per heavy atom. The minimum Gasteiger partial charge on any atom is -0.376 e. The number of aliphatic hydroxyl groups is 1. The summed E-state index contributed by atoms with van der Waals surface area (Å²) in [6.07, 6.45) is 0. The standard InChI is InChI=1S/C9H10N2OS/c12-6-11-8-4-2-1-3-7(8)10-9(11)5-13/h1-4,12-13H,5-6H2. The van der Waals surface area contributed by atoms with Crippen LogP contribution in [-0.2, 0) is 12.5 Å². The number of imidazole rings is 1. The molecule has 0 bridgehead atoms. The van der Waals surface area contributed by atoms with Crippen molar-refractivity contribution in [2.24, 2.45) is 0 Å². The van der Waals surface area contributed by atoms with Crippen molar-refractivity contribution in [2.75, 3.05) is 0 Å². The number of aliphatic hydroxyl groups excluding tert-OH is 1. The number of rotatable bonds is 2. The summed E-state index contributed by atoms with van der Waals surface area (Å²) in [5.74, 6) is 1.34. The van der Waals surface area contributed by atoms with Crippen molar-refractivity contribution < 1.29 is 5.11 Å². The predicted molar refractivity (Wildman–Crippen MR) is 54.6 cm³/mol. The third-order valence-electron chi connectivity index (χ3n) is 2.02. The van der Waals surface area contributed by atoms with Crippen LogP contribution in [0.4, 0.5) is 0 Å². The van der Waals surface area contributed by atoms with Crippen LogP contribution in [0.5, 0.6) is 0 Å². The second-order valence-electron chi connectivity index (χ2n) is 2.74. The zero-order valence-corrected chi connectivity index (χ0v) is 7.91. The molecule has 0 aliphatic heterocycles. The molecule has 4 heteroatoms. The Morgan fingerprint density at radius 3 is 2.85 bits per heavy atom. The minimum absolute atomic E-state index is 0.0452. The molecule has 1 N–H and O–H groups in total. The molecule has 3 nitrogen and oxygen atoms in total. The van der Waals surface area contributed by atoms with Crippen molar-refractivity contribution in [3.63, 3.8) is 0 Å². The van der Waals surface area contributed by atoms with Gasteiger partial charge in [-0.25, -0.2) is 4.98 Å². The monoisotopic (exact) mass is 194 g/mol. The molecule has 1 heterocycles. The van der Waals surface area contributed by atoms with Crippen LogP contribution in [0.3, 0.4) is 0 Å². The predicted octanol–water partition coefficient (Wildman–Crippen LogP) is 1.42. The van der Waals surface area contributed by atoms with Crippen molar-refractivity contribution in [1.29, 1.82) is 0 Å². The summed E-state index contributed by atoms with van der Waals surface area (Å²) in [7, 11) is 0. The maximum atomic E-state index is 9.13. The van der Waals surface area contributed by atoms with Gasteiger partial charge in [0.2, 0.25) is 0 Å². The molecule has 0 saturated heterocycles. The molecular weight excluding hydrogens is 184 g/mol. The van der Waals surface area contributed by atoms with Gasteiger partial charge in [-0.2, -0.15) is 12.6 Å². The first kappa shape index (κ1) is 8.59. The number of nitrogens with zero attached hydrogens (tertiary/aromatic N) is 2. The van der Waals surface area contributed by atoms with Crippen LogP contribution < -0.4 is 0 Å². The zero-order chi connectivity index (χ0) is 9.26. The molecule has 2 aromatic rings. The highest BCUT2D eigenvalue weighted by Gasteiger charge is 2.06. The van der Waals surface area contributed by atoms with Gasteiger partial charge in [0.05, 0.1) is 11.0 Å². The van der Waals surface area contributed by atoms with Gasteiger partial charge in [-0.15, -0.1) is 0 Å². The summed E-state index contributed by atoms with van der Waals surface area (Å²) in [5, 5.41) is 9.13. The average Bonchev–Trinajstić information content (AvgIpc) is 2.55. The van der Waals surface area contributed by atoms with Crippen molar-refractivity contribution >= 4 is 23.7 Å². The first-order valence-corrected chi connectivity index (χ1v) is 4.66. The highest BCUT2D eigenvalue weighted by molar-refractivity contribution is 7.79. The highest BCUT2D eigenvalue weighted by Crippen LogP contribution is 2.16. The van der Waals surface area contributed by atoms with E-state index in [-0.39, 0.29) is 6.73 Å². The van der Waals surface area contributed by atoms with Gasteiger partial charge in [-0.1, -0.05) is 12.1 Å². The maximum absolute atomic E-state index is 9.13. The Kier molecular flexibility index (Phi) is 2.24. The van der Waals surface area contributed by atoms with E-state index in [1.807, 2.05) is 24.3 Å². The third kappa shape index (κ3) is 1.32. The SMILES string of the molecule is OCn1c(CS)nc2ccccc21. The number of fused-ring (bicyclic) bond motifs is 1. The fraction of sp³-hybridized carbons (Fsp3) is 0.222. The van der Waals surface area contributed by atoms with Crippen molar-refractivity contribution in [3.8, 4) is 0 Å². The van der Waals surface area contributed by atoms with E-state index in [1.54, 1.807) is 4.57 Å². The van der Waals surface area contributed by atoms with Gasteiger partial charge in [0.1, 0.15) is 12.6 Å². The topological polar surface area (TPSA) is 38.0 Å². The molecule has 0 atom stereocenters. The van der Waals surface area contributed by atoms with E-state index < -0.39 is 0 Å². The molecule has 0 radical (unpaired) electrons. The van der Waals surface area contributed by atoms with Gasteiger partial charge < -0.3 is 9.67 Å². The van der Waals surface area contributed by atoms with E-state index in [0.29, 0.717) is 5.75 Å². The van der Waals surface area contributed by atoms with Gasteiger partial charge in [-0.3, -0.25) is 0 Å². The first-order chi connectivity index (χ1) is 6.36. The fourth-order valence-electron chi connectivity index (χ4n) is 1.40. The Hall–Kier alpha value is -1.00. The fourth-order valence-corrected chi connectivity index (χ4v) is 1.65. The number of thiol groups is 1. The number of hydrogen-bond donors (Lipinski definition) is 2. The van der Waals surface area contributed by atoms with Crippen LogP contribution in [0.2, 0.25) is 0 Å². The Labute approximate surface area is 81.4 Å². The van der Waals surface area contributed by atoms with E-state index in [4.69, 9.17) is 5.11 Å². The van der Waals surface area contributed by atoms with Crippen LogP contribution in [0, 0.1) is 0 Å². The van der Waals surface area contributed by atoms with Gasteiger partial charge in [-0.05, 0) is 12.1 Å². The van der Waals surface area contributed by atoms with E-state index in [9.17, 15) is 0 Å². The minimum atomic E-state index is -0.0452. The maximum Gasteiger partial charge on any atom is 0.121 e. The molecule has 1 aromatic heterocycles. The van der Waals surface area contributed by atoms with E-state index >= 15 is 0 Å². The van der Waals surface area contributed by atoms with E-state index in [1.165, 1.54) is 0 Å². The summed E-state index contributed by atoms with van der Waals surface area (Å²) >= 11 is 4.15. The molecule has 13 heavy (non-hydrogen) atoms. The largest absolute Gasteiger partial charge is 0.376 e. The van der Waals surface area contributed by atoms with E-state index in [0.717, 1.165) is 16.9 Å². The number of benzene rings is 1. The van der Waals surface area contributed by atoms with Crippen LogP contribution in [-0.4, -0.2) is 14.7 Å². The highest BCUT2D eigenvalue weighted by atomic mass is 32.1. The van der Waals surface area contributed by atoms with Crippen LogP contribution >= 0.6 is 12.6 Å². The van der Waals surface area contributed by atoms with Gasteiger partial charge >= 0.3 is 0 Å². The summed E-state index contributed by atoms with van der Waals surface area (Å²) in [6, 6.07) is 7.72. The second-order valence-corrected chi connectivity index (χ2v) is 3.06. The number of hydrogen-bond acceptors (Lipinski definition) is 3. The summed E-state index contributed by atoms with van der Waals surface area (Å²) in [4.78, 5) is 4.33. The lowest BCUT2D eigenvalue weighted by Gasteiger charge is -2.01. The first-order valence-electron chi connectivity index (χ1n) is 4.02. The average molecular weight is 194 g/mol. The molecule has 0 fully saturated rings. The Bertz CT molecular complexity index is 424. The quantitative estimate of drug-likeness (QED) is 0.709. The number of aromatic nitrogens is 2. The molecule has 0 spiro atoms. The second kappa shape index (κ2) is 3.40. The lowest BCUT2D eigenvalue weighted by Crippen LogP contribution is -2.00. The molecule has 1 aromatic carbocycles. The van der Waals surface area contributed by atoms with Gasteiger partial charge in [0.25, 0.3) is 0 Å². The van der Waals surface area contributed by atoms with Crippen LogP contribution in [0.15, 0.2) is 24.3 Å². The molecule has 0 aliphatic rings. The van der Waals surface area contributed by atoms with Crippen LogP contribution in [0.1, 0.15) is 5.82 Å². The van der Waals surface area contributed by atoms with Crippen molar-refractivity contribution in [2.45, 2.75) is 12.5 Å². The molecule has 0 amide bonds. The zero-order valence-electron chi connectivity index (χ0n) is 7.01. The van der Waals surface area contributed by atoms with Crippen LogP contribution in [0.25, 0.3) is 11.0 Å². The lowest BCUT2D eigenvalue weighted by molar-refractivity contribution is 0.212. The third-order valence-corrected chi connectivity index (χ3v) is 2.30. The summed E-state index contributed by atoms with van der Waals surface area (Å²) in [5.41, 5.74) is 1.86. The van der Waals surface area contributed by atoms with Crippen molar-refractivity contribution in [3.05, 3.63) is 30.1 Å². The molecule has 2 rings (SSSR count). The molecule has 0 aliphatic carbocycles. The van der Waals surface area contributed by atoms with Gasteiger partial charge in [0.15, 0.2) is 0 Å². The smallest absolute Gasteiger partial charge is 0.121 e. The van der Waals surface area contributed by atoms with Gasteiger partial charge in [0, 0.05) is 5.75 Å². The number of para-hydroxylation sites is 2. The summed E-state index contributed by atoms with van der Waals surface area (Å²) in [6.45, 7) is -0.0452. The summed E-state index contributed by atoms with van der Waals surface area (Å²) < 4.78 is 1.75. The molecular formula is C9H10N2OS. The Morgan fingerprint density at radius 2 is 2.15 bits per heavy atom. The van der Waals surface area contributed by atoms with E-state index in [2.05, 4.69) is 17.6 Å². The molecule has 0 saturated carbocycles. The normalized spacial score (nSPS) is 10.9. The Balaban J connectivity index is 2.73. The molecule has 0 unspecified atom stereocenters. The lowest BCUT2D eigenvalue weighted by atomic mass is 10.3. The molecule has 68 valence electrons.